The summed E-state index contributed by atoms with van der Waals surface area (Å²) in [4.78, 5) is 14.8. The molecule has 0 aliphatic heterocycles. The van der Waals surface area contributed by atoms with E-state index in [4.69, 9.17) is 9.52 Å². The van der Waals surface area contributed by atoms with Crippen LogP contribution in [0.15, 0.2) is 21.0 Å². The zero-order valence-electron chi connectivity index (χ0n) is 7.95. The molecule has 2 aromatic rings. The molecule has 0 saturated heterocycles. The van der Waals surface area contributed by atoms with E-state index in [0.717, 1.165) is 4.47 Å². The van der Waals surface area contributed by atoms with Crippen molar-refractivity contribution in [3.05, 3.63) is 28.1 Å². The van der Waals surface area contributed by atoms with Gasteiger partial charge in [0.2, 0.25) is 0 Å². The molecule has 1 aromatic carbocycles. The number of nitrogens with zero attached hydrogens (tertiary/aromatic N) is 1. The average molecular weight is 270 g/mol. The summed E-state index contributed by atoms with van der Waals surface area (Å²) in [6.07, 6.45) is -0.0649. The molecule has 0 aliphatic rings. The molecule has 0 amide bonds. The van der Waals surface area contributed by atoms with Gasteiger partial charge in [-0.15, -0.1) is 0 Å². The second kappa shape index (κ2) is 3.66. The molecule has 15 heavy (non-hydrogen) atoms. The maximum absolute atomic E-state index is 10.7. The van der Waals surface area contributed by atoms with E-state index >= 15 is 0 Å². The Hall–Kier alpha value is -1.36. The number of carboxylic acids is 1. The van der Waals surface area contributed by atoms with E-state index in [1.54, 1.807) is 19.1 Å². The molecule has 4 nitrogen and oxygen atoms in total. The lowest BCUT2D eigenvalue weighted by Crippen LogP contribution is -2.00. The van der Waals surface area contributed by atoms with E-state index in [1.165, 1.54) is 0 Å². The highest BCUT2D eigenvalue weighted by Crippen LogP contribution is 2.25. The Bertz CT molecular complexity index is 533. The van der Waals surface area contributed by atoms with Crippen LogP contribution < -0.4 is 0 Å². The van der Waals surface area contributed by atoms with Gasteiger partial charge in [0.15, 0.2) is 11.5 Å². The van der Waals surface area contributed by atoms with Crippen molar-refractivity contribution in [3.63, 3.8) is 0 Å². The number of fused-ring (bicyclic) bond motifs is 1. The van der Waals surface area contributed by atoms with Crippen LogP contribution in [-0.2, 0) is 11.2 Å². The van der Waals surface area contributed by atoms with E-state index in [-0.39, 0.29) is 6.42 Å². The van der Waals surface area contributed by atoms with Crippen LogP contribution in [0.5, 0.6) is 0 Å². The first-order valence-electron chi connectivity index (χ1n) is 4.33. The zero-order valence-corrected chi connectivity index (χ0v) is 9.54. The molecule has 0 saturated carbocycles. The van der Waals surface area contributed by atoms with Gasteiger partial charge < -0.3 is 9.52 Å². The van der Waals surface area contributed by atoms with Gasteiger partial charge in [0.25, 0.3) is 0 Å². The molecule has 0 spiro atoms. The highest BCUT2D eigenvalue weighted by atomic mass is 79.9. The second-order valence-electron chi connectivity index (χ2n) is 3.22. The number of benzene rings is 1. The van der Waals surface area contributed by atoms with Crippen LogP contribution in [0.1, 0.15) is 11.5 Å². The van der Waals surface area contributed by atoms with Crippen molar-refractivity contribution in [1.82, 2.24) is 4.98 Å². The van der Waals surface area contributed by atoms with Crippen molar-refractivity contribution in [1.29, 1.82) is 0 Å². The summed E-state index contributed by atoms with van der Waals surface area (Å²) in [6, 6.07) is 3.54. The van der Waals surface area contributed by atoms with E-state index in [2.05, 4.69) is 20.9 Å². The number of aliphatic carboxylic acids is 1. The maximum atomic E-state index is 10.7. The third-order valence-corrected chi connectivity index (χ3v) is 2.44. The molecule has 0 radical (unpaired) electrons. The SMILES string of the molecule is Cc1nc2cc(Br)cc(CC(=O)O)c2o1. The van der Waals surface area contributed by atoms with Crippen molar-refractivity contribution in [2.75, 3.05) is 0 Å². The molecule has 2 rings (SSSR count). The summed E-state index contributed by atoms with van der Waals surface area (Å²) in [5.74, 6) is -0.349. The molecule has 78 valence electrons. The molecular formula is C10H8BrNO3. The molecule has 1 heterocycles. The lowest BCUT2D eigenvalue weighted by molar-refractivity contribution is -0.136. The van der Waals surface area contributed by atoms with Crippen molar-refractivity contribution in [2.45, 2.75) is 13.3 Å². The van der Waals surface area contributed by atoms with E-state index in [1.807, 2.05) is 0 Å². The van der Waals surface area contributed by atoms with Crippen molar-refractivity contribution in [3.8, 4) is 0 Å². The smallest absolute Gasteiger partial charge is 0.307 e. The molecule has 0 atom stereocenters. The number of oxazole rings is 1. The first-order valence-corrected chi connectivity index (χ1v) is 5.13. The average Bonchev–Trinajstić information content (AvgIpc) is 2.44. The Balaban J connectivity index is 2.64. The Kier molecular flexibility index (Phi) is 2.48. The van der Waals surface area contributed by atoms with Crippen molar-refractivity contribution >= 4 is 33.0 Å². The van der Waals surface area contributed by atoms with Gasteiger partial charge in [-0.05, 0) is 12.1 Å². The third kappa shape index (κ3) is 2.02. The maximum Gasteiger partial charge on any atom is 0.307 e. The third-order valence-electron chi connectivity index (χ3n) is 1.98. The molecule has 0 aliphatic carbocycles. The number of rotatable bonds is 2. The van der Waals surface area contributed by atoms with Crippen molar-refractivity contribution < 1.29 is 14.3 Å². The Morgan fingerprint density at radius 1 is 1.60 bits per heavy atom. The number of carbonyl (C=O) groups is 1. The normalized spacial score (nSPS) is 10.8. The second-order valence-corrected chi connectivity index (χ2v) is 4.13. The summed E-state index contributed by atoms with van der Waals surface area (Å²) >= 11 is 3.31. The highest BCUT2D eigenvalue weighted by Gasteiger charge is 2.12. The molecule has 1 N–H and O–H groups in total. The van der Waals surface area contributed by atoms with Crippen LogP contribution in [0, 0.1) is 6.92 Å². The summed E-state index contributed by atoms with van der Waals surface area (Å²) in [7, 11) is 0. The Morgan fingerprint density at radius 3 is 3.00 bits per heavy atom. The van der Waals surface area contributed by atoms with Crippen LogP contribution in [-0.4, -0.2) is 16.1 Å². The number of aromatic nitrogens is 1. The first kappa shape index (κ1) is 10.2. The van der Waals surface area contributed by atoms with Crippen LogP contribution in [0.25, 0.3) is 11.1 Å². The van der Waals surface area contributed by atoms with Gasteiger partial charge in [-0.2, -0.15) is 0 Å². The Labute approximate surface area is 94.0 Å². The van der Waals surface area contributed by atoms with Crippen LogP contribution in [0.3, 0.4) is 0 Å². The molecule has 0 bridgehead atoms. The van der Waals surface area contributed by atoms with E-state index < -0.39 is 5.97 Å². The number of halogens is 1. The van der Waals surface area contributed by atoms with Gasteiger partial charge in [-0.3, -0.25) is 4.79 Å². The van der Waals surface area contributed by atoms with Gasteiger partial charge in [0, 0.05) is 17.0 Å². The lowest BCUT2D eigenvalue weighted by atomic mass is 10.1. The van der Waals surface area contributed by atoms with Crippen LogP contribution in [0.4, 0.5) is 0 Å². The fourth-order valence-corrected chi connectivity index (χ4v) is 1.96. The van der Waals surface area contributed by atoms with E-state index in [9.17, 15) is 4.79 Å². The van der Waals surface area contributed by atoms with E-state index in [0.29, 0.717) is 22.6 Å². The van der Waals surface area contributed by atoms with Crippen LogP contribution in [0.2, 0.25) is 0 Å². The fourth-order valence-electron chi connectivity index (χ4n) is 1.47. The quantitative estimate of drug-likeness (QED) is 0.910. The fraction of sp³-hybridized carbons (Fsp3) is 0.200. The predicted molar refractivity (Wildman–Crippen MR) is 57.8 cm³/mol. The Morgan fingerprint density at radius 2 is 2.33 bits per heavy atom. The molecule has 0 unspecified atom stereocenters. The van der Waals surface area contributed by atoms with Gasteiger partial charge in [0.05, 0.1) is 6.42 Å². The molecule has 5 heteroatoms. The monoisotopic (exact) mass is 269 g/mol. The zero-order chi connectivity index (χ0) is 11.0. The molecule has 1 aromatic heterocycles. The highest BCUT2D eigenvalue weighted by molar-refractivity contribution is 9.10. The lowest BCUT2D eigenvalue weighted by Gasteiger charge is -1.98. The number of hydrogen-bond donors (Lipinski definition) is 1. The molecule has 0 fully saturated rings. The predicted octanol–water partition coefficient (Wildman–Crippen LogP) is 2.53. The summed E-state index contributed by atoms with van der Waals surface area (Å²) in [6.45, 7) is 1.73. The van der Waals surface area contributed by atoms with Crippen LogP contribution >= 0.6 is 15.9 Å². The molecular weight excluding hydrogens is 262 g/mol. The largest absolute Gasteiger partial charge is 0.481 e. The minimum absolute atomic E-state index is 0.0649. The van der Waals surface area contributed by atoms with Gasteiger partial charge in [-0.1, -0.05) is 15.9 Å². The topological polar surface area (TPSA) is 63.3 Å². The minimum atomic E-state index is -0.886. The first-order chi connectivity index (χ1) is 7.06. The van der Waals surface area contributed by atoms with Gasteiger partial charge >= 0.3 is 5.97 Å². The summed E-state index contributed by atoms with van der Waals surface area (Å²) in [5.41, 5.74) is 1.86. The standard InChI is InChI=1S/C10H8BrNO3/c1-5-12-8-4-7(11)2-6(3-9(13)14)10(8)15-5/h2,4H,3H2,1H3,(H,13,14). The number of carboxylic acid groups (broad SMARTS) is 1. The summed E-state index contributed by atoms with van der Waals surface area (Å²) < 4.78 is 6.16. The van der Waals surface area contributed by atoms with Gasteiger partial charge in [-0.25, -0.2) is 4.98 Å². The summed E-state index contributed by atoms with van der Waals surface area (Å²) in [5, 5.41) is 8.75. The number of hydrogen-bond acceptors (Lipinski definition) is 3. The minimum Gasteiger partial charge on any atom is -0.481 e. The van der Waals surface area contributed by atoms with Crippen molar-refractivity contribution in [2.24, 2.45) is 0 Å². The van der Waals surface area contributed by atoms with Gasteiger partial charge in [0.1, 0.15) is 5.52 Å². The number of aryl methyl sites for hydroxylation is 1.